The van der Waals surface area contributed by atoms with Gasteiger partial charge in [0.15, 0.2) is 9.84 Å². The second-order valence-corrected chi connectivity index (χ2v) is 15.0. The summed E-state index contributed by atoms with van der Waals surface area (Å²) < 4.78 is 26.8. The predicted molar refractivity (Wildman–Crippen MR) is 176 cm³/mol. The standard InChI is InChI=1S/C33H36Cl2N4O5S/c1-19-30(36-20(2)31(19)33(42)39-12-4-5-21(39)17-38-13-10-22(40)11-14-38)16-25-24-15-23(8-9-29(24)37-32(25)41)45(43,44)18-26-27(34)6-3-7-28(26)35/h3,6-9,15-16,21-22,36,40H,4-5,10-14,17-18H2,1-2H3,(H,37,41)/t21-/m0/s1. The largest absolute Gasteiger partial charge is 0.393 e. The maximum atomic E-state index is 13.9. The van der Waals surface area contributed by atoms with Crippen LogP contribution in [0.4, 0.5) is 5.69 Å². The number of piperidine rings is 1. The summed E-state index contributed by atoms with van der Waals surface area (Å²) in [4.78, 5) is 34.7. The fraction of sp³-hybridized carbons (Fsp3) is 0.394. The average Bonchev–Trinajstić information content (AvgIpc) is 3.67. The molecule has 3 N–H and O–H groups in total. The van der Waals surface area contributed by atoms with E-state index in [1.807, 2.05) is 18.7 Å². The van der Waals surface area contributed by atoms with Crippen molar-refractivity contribution in [1.82, 2.24) is 14.8 Å². The van der Waals surface area contributed by atoms with Gasteiger partial charge in [-0.05, 0) is 81.5 Å². The summed E-state index contributed by atoms with van der Waals surface area (Å²) in [6, 6.07) is 9.47. The molecule has 0 bridgehead atoms. The molecule has 4 heterocycles. The monoisotopic (exact) mass is 670 g/mol. The van der Waals surface area contributed by atoms with Crippen LogP contribution >= 0.6 is 23.2 Å². The summed E-state index contributed by atoms with van der Waals surface area (Å²) in [5, 5.41) is 13.2. The Kier molecular flexibility index (Phi) is 8.88. The number of aromatic nitrogens is 1. The van der Waals surface area contributed by atoms with Crippen molar-refractivity contribution >= 4 is 62.2 Å². The van der Waals surface area contributed by atoms with Gasteiger partial charge in [0.05, 0.1) is 27.9 Å². The molecule has 2 saturated heterocycles. The zero-order valence-electron chi connectivity index (χ0n) is 25.2. The topological polar surface area (TPSA) is 123 Å². The van der Waals surface area contributed by atoms with Gasteiger partial charge in [0.1, 0.15) is 0 Å². The molecule has 6 rings (SSSR count). The minimum atomic E-state index is -3.85. The lowest BCUT2D eigenvalue weighted by Gasteiger charge is -2.34. The Bertz CT molecular complexity index is 1790. The number of aliphatic hydroxyl groups excluding tert-OH is 1. The number of halogens is 2. The smallest absolute Gasteiger partial charge is 0.256 e. The van der Waals surface area contributed by atoms with Crippen molar-refractivity contribution in [2.24, 2.45) is 0 Å². The number of fused-ring (bicyclic) bond motifs is 1. The first-order chi connectivity index (χ1) is 21.4. The number of rotatable bonds is 7. The SMILES string of the molecule is Cc1[nH]c(C=C2C(=O)Nc3ccc(S(=O)(=O)Cc4c(Cl)cccc4Cl)cc32)c(C)c1C(=O)N1CCC[C@H]1CN1CCC(O)CC1. The second-order valence-electron chi connectivity index (χ2n) is 12.2. The van der Waals surface area contributed by atoms with Gasteiger partial charge >= 0.3 is 0 Å². The molecule has 45 heavy (non-hydrogen) atoms. The molecule has 1 aromatic heterocycles. The van der Waals surface area contributed by atoms with Crippen LogP contribution in [0.1, 0.15) is 64.1 Å². The van der Waals surface area contributed by atoms with E-state index in [4.69, 9.17) is 23.2 Å². The van der Waals surface area contributed by atoms with Crippen molar-refractivity contribution in [1.29, 1.82) is 0 Å². The number of anilines is 1. The lowest BCUT2D eigenvalue weighted by molar-refractivity contribution is -0.110. The number of carbonyl (C=O) groups is 2. The van der Waals surface area contributed by atoms with Gasteiger partial charge in [0, 0.05) is 70.5 Å². The van der Waals surface area contributed by atoms with Crippen LogP contribution in [-0.2, 0) is 20.4 Å². The first kappa shape index (κ1) is 31.8. The molecule has 238 valence electrons. The van der Waals surface area contributed by atoms with Crippen LogP contribution in [-0.4, -0.2) is 78.4 Å². The van der Waals surface area contributed by atoms with E-state index in [2.05, 4.69) is 15.2 Å². The van der Waals surface area contributed by atoms with Gasteiger partial charge in [0.2, 0.25) is 0 Å². The number of H-pyrrole nitrogens is 1. The zero-order valence-corrected chi connectivity index (χ0v) is 27.5. The van der Waals surface area contributed by atoms with Crippen molar-refractivity contribution in [2.45, 2.75) is 62.3 Å². The number of carbonyl (C=O) groups excluding carboxylic acids is 2. The first-order valence-electron chi connectivity index (χ1n) is 15.2. The first-order valence-corrected chi connectivity index (χ1v) is 17.6. The minimum absolute atomic E-state index is 0.0340. The summed E-state index contributed by atoms with van der Waals surface area (Å²) in [6.45, 7) is 6.87. The lowest BCUT2D eigenvalue weighted by Crippen LogP contribution is -2.46. The number of sulfone groups is 1. The number of benzene rings is 2. The van der Waals surface area contributed by atoms with Gasteiger partial charge in [-0.1, -0.05) is 29.3 Å². The maximum absolute atomic E-state index is 13.9. The molecule has 0 aliphatic carbocycles. The Labute approximate surface area is 273 Å². The molecule has 3 aliphatic heterocycles. The van der Waals surface area contributed by atoms with E-state index in [-0.39, 0.29) is 44.7 Å². The molecular weight excluding hydrogens is 635 g/mol. The molecule has 3 aliphatic rings. The van der Waals surface area contributed by atoms with E-state index in [1.54, 1.807) is 30.3 Å². The Morgan fingerprint density at radius 3 is 2.49 bits per heavy atom. The number of nitrogens with one attached hydrogen (secondary N) is 2. The number of aromatic amines is 1. The van der Waals surface area contributed by atoms with E-state index in [9.17, 15) is 23.1 Å². The van der Waals surface area contributed by atoms with Gasteiger partial charge in [-0.3, -0.25) is 9.59 Å². The maximum Gasteiger partial charge on any atom is 0.256 e. The normalized spacial score (nSPS) is 20.2. The average molecular weight is 672 g/mol. The highest BCUT2D eigenvalue weighted by atomic mass is 35.5. The highest BCUT2D eigenvalue weighted by Gasteiger charge is 2.34. The lowest BCUT2D eigenvalue weighted by atomic mass is 10.0. The Morgan fingerprint density at radius 2 is 1.78 bits per heavy atom. The van der Waals surface area contributed by atoms with Gasteiger partial charge in [-0.2, -0.15) is 0 Å². The van der Waals surface area contributed by atoms with Crippen molar-refractivity contribution in [2.75, 3.05) is 31.5 Å². The third-order valence-electron chi connectivity index (χ3n) is 9.17. The van der Waals surface area contributed by atoms with Gasteiger partial charge in [-0.15, -0.1) is 0 Å². The summed E-state index contributed by atoms with van der Waals surface area (Å²) in [5.74, 6) is -0.782. The Morgan fingerprint density at radius 1 is 1.07 bits per heavy atom. The number of likely N-dealkylation sites (tertiary alicyclic amines) is 2. The minimum Gasteiger partial charge on any atom is -0.393 e. The Hall–Kier alpha value is -3.15. The molecule has 0 saturated carbocycles. The van der Waals surface area contributed by atoms with Crippen LogP contribution in [0, 0.1) is 13.8 Å². The van der Waals surface area contributed by atoms with Crippen LogP contribution in [0.5, 0.6) is 0 Å². The number of nitrogens with zero attached hydrogens (tertiary/aromatic N) is 2. The van der Waals surface area contributed by atoms with Gasteiger partial charge in [0.25, 0.3) is 11.8 Å². The number of aliphatic hydroxyl groups is 1. The molecule has 0 radical (unpaired) electrons. The number of hydrogen-bond donors (Lipinski definition) is 3. The summed E-state index contributed by atoms with van der Waals surface area (Å²) >= 11 is 12.5. The second kappa shape index (κ2) is 12.6. The van der Waals surface area contributed by atoms with Crippen LogP contribution in [0.3, 0.4) is 0 Å². The van der Waals surface area contributed by atoms with Crippen molar-refractivity contribution in [3.8, 4) is 0 Å². The Balaban J connectivity index is 1.27. The molecule has 3 aromatic rings. The molecule has 2 aromatic carbocycles. The van der Waals surface area contributed by atoms with Gasteiger partial charge in [-0.25, -0.2) is 8.42 Å². The fourth-order valence-electron chi connectivity index (χ4n) is 6.67. The third-order valence-corrected chi connectivity index (χ3v) is 11.5. The van der Waals surface area contributed by atoms with Crippen molar-refractivity contribution < 1.29 is 23.1 Å². The predicted octanol–water partition coefficient (Wildman–Crippen LogP) is 5.47. The van der Waals surface area contributed by atoms with E-state index < -0.39 is 9.84 Å². The highest BCUT2D eigenvalue weighted by Crippen LogP contribution is 2.37. The van der Waals surface area contributed by atoms with Crippen LogP contribution in [0.15, 0.2) is 41.3 Å². The molecule has 2 amide bonds. The summed E-state index contributed by atoms with van der Waals surface area (Å²) in [5.41, 5.74) is 4.22. The zero-order chi connectivity index (χ0) is 32.0. The van der Waals surface area contributed by atoms with Crippen LogP contribution in [0.2, 0.25) is 10.0 Å². The van der Waals surface area contributed by atoms with Crippen molar-refractivity contribution in [3.63, 3.8) is 0 Å². The number of amides is 2. The molecule has 1 atom stereocenters. The van der Waals surface area contributed by atoms with E-state index in [0.29, 0.717) is 45.9 Å². The van der Waals surface area contributed by atoms with Crippen molar-refractivity contribution in [3.05, 3.63) is 80.1 Å². The highest BCUT2D eigenvalue weighted by molar-refractivity contribution is 7.90. The van der Waals surface area contributed by atoms with Crippen LogP contribution in [0.25, 0.3) is 11.6 Å². The molecule has 9 nitrogen and oxygen atoms in total. The van der Waals surface area contributed by atoms with E-state index in [0.717, 1.165) is 50.9 Å². The molecule has 0 unspecified atom stereocenters. The summed E-state index contributed by atoms with van der Waals surface area (Å²) in [7, 11) is -3.85. The van der Waals surface area contributed by atoms with E-state index in [1.165, 1.54) is 12.1 Å². The molecule has 2 fully saturated rings. The van der Waals surface area contributed by atoms with Crippen LogP contribution < -0.4 is 5.32 Å². The fourth-order valence-corrected chi connectivity index (χ4v) is 8.79. The summed E-state index contributed by atoms with van der Waals surface area (Å²) in [6.07, 6.45) is 4.84. The molecule has 0 spiro atoms. The number of hydrogen-bond acceptors (Lipinski definition) is 6. The molecular formula is C33H36Cl2N4O5S. The third kappa shape index (κ3) is 6.31. The number of aryl methyl sites for hydroxylation is 1. The van der Waals surface area contributed by atoms with Gasteiger partial charge < -0.3 is 25.2 Å². The van der Waals surface area contributed by atoms with E-state index >= 15 is 0 Å². The quantitative estimate of drug-likeness (QED) is 0.287. The molecule has 12 heteroatoms.